The summed E-state index contributed by atoms with van der Waals surface area (Å²) in [6, 6.07) is 13.8. The zero-order chi connectivity index (χ0) is 27.1. The fourth-order valence-electron chi connectivity index (χ4n) is 4.26. The van der Waals surface area contributed by atoms with E-state index in [1.165, 1.54) is 12.1 Å². The third kappa shape index (κ3) is 8.76. The van der Waals surface area contributed by atoms with Crippen molar-refractivity contribution in [2.45, 2.75) is 58.2 Å². The van der Waals surface area contributed by atoms with Crippen molar-refractivity contribution in [3.8, 4) is 5.75 Å². The molecule has 4 N–H and O–H groups in total. The first-order valence-corrected chi connectivity index (χ1v) is 13.3. The van der Waals surface area contributed by atoms with Crippen molar-refractivity contribution in [3.05, 3.63) is 97.6 Å². The number of phenolic OH excluding ortho intramolecular Hbond substituents is 1. The van der Waals surface area contributed by atoms with E-state index in [0.717, 1.165) is 31.9 Å². The summed E-state index contributed by atoms with van der Waals surface area (Å²) in [5.41, 5.74) is 3.68. The fourth-order valence-corrected chi connectivity index (χ4v) is 4.87. The molecule has 0 fully saturated rings. The highest BCUT2D eigenvalue weighted by molar-refractivity contribution is 14.1. The van der Waals surface area contributed by atoms with E-state index in [-0.39, 0.29) is 37.0 Å². The third-order valence-electron chi connectivity index (χ3n) is 6.22. The number of hydrogen-bond acceptors (Lipinski definition) is 4. The number of aromatic hydroxyl groups is 1. The number of aryl methyl sites for hydroxylation is 1. The van der Waals surface area contributed by atoms with Gasteiger partial charge in [0.05, 0.1) is 18.6 Å². The van der Waals surface area contributed by atoms with Crippen LogP contribution in [0.4, 0.5) is 8.78 Å². The molecule has 198 valence electrons. The second kappa shape index (κ2) is 13.3. The van der Waals surface area contributed by atoms with Gasteiger partial charge < -0.3 is 20.8 Å². The molecule has 0 radical (unpaired) electrons. The van der Waals surface area contributed by atoms with Crippen LogP contribution in [0.1, 0.15) is 47.6 Å². The predicted octanol–water partition coefficient (Wildman–Crippen LogP) is 5.13. The van der Waals surface area contributed by atoms with E-state index in [1.54, 1.807) is 6.07 Å². The first-order valence-electron chi connectivity index (χ1n) is 12.2. The molecular formula is C29H33F2IN2O3. The Balaban J connectivity index is 1.73. The van der Waals surface area contributed by atoms with Gasteiger partial charge >= 0.3 is 0 Å². The number of aliphatic hydroxyl groups is 1. The number of nitrogens with one attached hydrogen (secondary N) is 2. The molecule has 0 saturated carbocycles. The summed E-state index contributed by atoms with van der Waals surface area (Å²) in [5, 5.41) is 27.2. The number of carbonyl (C=O) groups excluding carboxylic acids is 1. The summed E-state index contributed by atoms with van der Waals surface area (Å²) in [4.78, 5) is 13.0. The number of hydrogen-bond donors (Lipinski definition) is 4. The van der Waals surface area contributed by atoms with Crippen molar-refractivity contribution in [3.63, 3.8) is 0 Å². The molecule has 5 nitrogen and oxygen atoms in total. The highest BCUT2D eigenvalue weighted by Gasteiger charge is 2.23. The van der Waals surface area contributed by atoms with Gasteiger partial charge in [-0.1, -0.05) is 32.0 Å². The summed E-state index contributed by atoms with van der Waals surface area (Å²) in [5.74, 6) is -1.49. The topological polar surface area (TPSA) is 81.6 Å². The first-order chi connectivity index (χ1) is 17.5. The Hall–Kier alpha value is -2.56. The molecule has 3 aromatic carbocycles. The van der Waals surface area contributed by atoms with Crippen LogP contribution in [0.5, 0.6) is 5.75 Å². The summed E-state index contributed by atoms with van der Waals surface area (Å²) < 4.78 is 28.7. The molecule has 0 aliphatic carbocycles. The predicted molar refractivity (Wildman–Crippen MR) is 150 cm³/mol. The minimum absolute atomic E-state index is 0.0441. The molecule has 2 unspecified atom stereocenters. The average molecular weight is 622 g/mol. The molecule has 1 amide bonds. The molecule has 37 heavy (non-hydrogen) atoms. The van der Waals surface area contributed by atoms with Crippen LogP contribution in [-0.4, -0.2) is 34.8 Å². The maximum atomic E-state index is 13.8. The number of halogens is 3. The van der Waals surface area contributed by atoms with Crippen LogP contribution >= 0.6 is 22.6 Å². The molecule has 3 aromatic rings. The largest absolute Gasteiger partial charge is 0.508 e. The number of rotatable bonds is 11. The van der Waals surface area contributed by atoms with E-state index in [1.807, 2.05) is 51.1 Å². The maximum absolute atomic E-state index is 13.8. The van der Waals surface area contributed by atoms with Crippen molar-refractivity contribution < 1.29 is 23.8 Å². The van der Waals surface area contributed by atoms with E-state index < -0.39 is 23.8 Å². The zero-order valence-corrected chi connectivity index (χ0v) is 23.4. The van der Waals surface area contributed by atoms with Crippen LogP contribution in [0.15, 0.2) is 54.6 Å². The molecule has 0 spiro atoms. The zero-order valence-electron chi connectivity index (χ0n) is 21.2. The van der Waals surface area contributed by atoms with Crippen molar-refractivity contribution >= 4 is 28.5 Å². The molecule has 0 aliphatic heterocycles. The molecular weight excluding hydrogens is 589 g/mol. The Bertz CT molecular complexity index is 1220. The van der Waals surface area contributed by atoms with Crippen LogP contribution in [0.25, 0.3) is 0 Å². The highest BCUT2D eigenvalue weighted by Crippen LogP contribution is 2.29. The second-order valence-electron chi connectivity index (χ2n) is 9.65. The Morgan fingerprint density at radius 1 is 1.03 bits per heavy atom. The first kappa shape index (κ1) is 29.0. The van der Waals surface area contributed by atoms with Crippen molar-refractivity contribution in [2.75, 3.05) is 6.54 Å². The van der Waals surface area contributed by atoms with Gasteiger partial charge in [0.25, 0.3) is 0 Å². The average Bonchev–Trinajstić information content (AvgIpc) is 2.79. The number of aliphatic hydroxyl groups excluding tert-OH is 1. The lowest BCUT2D eigenvalue weighted by Gasteiger charge is -2.25. The molecule has 3 rings (SSSR count). The van der Waals surface area contributed by atoms with E-state index in [0.29, 0.717) is 12.1 Å². The van der Waals surface area contributed by atoms with Gasteiger partial charge in [-0.25, -0.2) is 8.78 Å². The van der Waals surface area contributed by atoms with Crippen LogP contribution in [0, 0.1) is 22.1 Å². The Kier molecular flexibility index (Phi) is 10.4. The van der Waals surface area contributed by atoms with Gasteiger partial charge in [-0.15, -0.1) is 0 Å². The molecule has 2 atom stereocenters. The van der Waals surface area contributed by atoms with Crippen LogP contribution in [0.3, 0.4) is 0 Å². The van der Waals surface area contributed by atoms with Crippen molar-refractivity contribution in [1.82, 2.24) is 10.6 Å². The normalized spacial score (nSPS) is 13.0. The molecule has 0 aromatic heterocycles. The van der Waals surface area contributed by atoms with Gasteiger partial charge in [-0.05, 0) is 100 Å². The Morgan fingerprint density at radius 2 is 1.73 bits per heavy atom. The molecule has 0 heterocycles. The fraction of sp³-hybridized carbons (Fsp3) is 0.345. The van der Waals surface area contributed by atoms with E-state index in [9.17, 15) is 23.8 Å². The Labute approximate surface area is 230 Å². The van der Waals surface area contributed by atoms with E-state index in [2.05, 4.69) is 33.2 Å². The molecule has 8 heteroatoms. The minimum atomic E-state index is -1.01. The lowest BCUT2D eigenvalue weighted by atomic mass is 9.94. The smallest absolute Gasteiger partial charge is 0.224 e. The number of carbonyl (C=O) groups is 1. The molecule has 0 aliphatic rings. The van der Waals surface area contributed by atoms with Gasteiger partial charge in [-0.3, -0.25) is 4.79 Å². The van der Waals surface area contributed by atoms with Crippen molar-refractivity contribution in [2.24, 2.45) is 0 Å². The monoisotopic (exact) mass is 622 g/mol. The summed E-state index contributed by atoms with van der Waals surface area (Å²) in [7, 11) is 0. The minimum Gasteiger partial charge on any atom is -0.508 e. The van der Waals surface area contributed by atoms with Gasteiger partial charge in [0, 0.05) is 22.7 Å². The van der Waals surface area contributed by atoms with Crippen LogP contribution in [-0.2, 0) is 24.2 Å². The van der Waals surface area contributed by atoms with Gasteiger partial charge in [0.15, 0.2) is 0 Å². The van der Waals surface area contributed by atoms with Gasteiger partial charge in [-0.2, -0.15) is 0 Å². The second-order valence-corrected chi connectivity index (χ2v) is 10.9. The van der Waals surface area contributed by atoms with Gasteiger partial charge in [0.1, 0.15) is 17.4 Å². The lowest BCUT2D eigenvalue weighted by Crippen LogP contribution is -2.49. The van der Waals surface area contributed by atoms with Gasteiger partial charge in [0.2, 0.25) is 5.91 Å². The standard InChI is InChI=1S/C29H33F2IN2O3/c1-17(2)25-12-21(18(3)7-27(25)35)13-29(37)34-26(11-20-8-22(30)14-23(31)9-20)28(36)16-33-15-19-5-4-6-24(32)10-19/h4-10,12,14,17,26,28,33,35-36H,11,13,15-16H2,1-3H3,(H,34,37). The third-order valence-corrected chi connectivity index (χ3v) is 6.89. The maximum Gasteiger partial charge on any atom is 0.224 e. The summed E-state index contributed by atoms with van der Waals surface area (Å²) >= 11 is 2.23. The molecule has 0 bridgehead atoms. The number of amides is 1. The van der Waals surface area contributed by atoms with Crippen LogP contribution in [0.2, 0.25) is 0 Å². The lowest BCUT2D eigenvalue weighted by molar-refractivity contribution is -0.122. The SMILES string of the molecule is Cc1cc(O)c(C(C)C)cc1CC(=O)NC(Cc1cc(F)cc(F)c1)C(O)CNCc1cccc(I)c1. The van der Waals surface area contributed by atoms with E-state index >= 15 is 0 Å². The van der Waals surface area contributed by atoms with Crippen LogP contribution < -0.4 is 10.6 Å². The highest BCUT2D eigenvalue weighted by atomic mass is 127. The Morgan fingerprint density at radius 3 is 2.38 bits per heavy atom. The quantitative estimate of drug-likeness (QED) is 0.224. The number of phenols is 1. The molecule has 0 saturated heterocycles. The number of benzene rings is 3. The van der Waals surface area contributed by atoms with E-state index in [4.69, 9.17) is 0 Å². The summed E-state index contributed by atoms with van der Waals surface area (Å²) in [6.07, 6.45) is -0.911. The summed E-state index contributed by atoms with van der Waals surface area (Å²) in [6.45, 7) is 6.44. The van der Waals surface area contributed by atoms with Crippen molar-refractivity contribution in [1.29, 1.82) is 0 Å².